The van der Waals surface area contributed by atoms with Gasteiger partial charge in [-0.15, -0.1) is 0 Å². The molecule has 0 atom stereocenters. The van der Waals surface area contributed by atoms with Crippen LogP contribution in [0.15, 0.2) is 52.9 Å². The van der Waals surface area contributed by atoms with Gasteiger partial charge in [-0.3, -0.25) is 4.79 Å². The molecule has 0 spiro atoms. The van der Waals surface area contributed by atoms with Gasteiger partial charge in [-0.25, -0.2) is 4.98 Å². The topological polar surface area (TPSA) is 64.4 Å². The molecule has 2 aromatic carbocycles. The third-order valence-electron chi connectivity index (χ3n) is 3.82. The number of hydrogen-bond acceptors (Lipinski definition) is 4. The fourth-order valence-electron chi connectivity index (χ4n) is 2.56. The minimum Gasteiger partial charge on any atom is -0.492 e. The van der Waals surface area contributed by atoms with Crippen LogP contribution < -0.4 is 10.1 Å². The Labute approximate surface area is 147 Å². The zero-order chi connectivity index (χ0) is 17.5. The Morgan fingerprint density at radius 2 is 2.04 bits per heavy atom. The molecule has 1 heterocycles. The van der Waals surface area contributed by atoms with E-state index >= 15 is 0 Å². The number of para-hydroxylation sites is 1. The van der Waals surface area contributed by atoms with Gasteiger partial charge in [0.25, 0.3) is 0 Å². The van der Waals surface area contributed by atoms with Gasteiger partial charge < -0.3 is 14.5 Å². The van der Waals surface area contributed by atoms with E-state index in [2.05, 4.69) is 10.3 Å². The summed E-state index contributed by atoms with van der Waals surface area (Å²) >= 11 is 0. The van der Waals surface area contributed by atoms with Crippen LogP contribution in [0.5, 0.6) is 5.75 Å². The van der Waals surface area contributed by atoms with Crippen LogP contribution in [0.2, 0.25) is 0 Å². The molecular weight excluding hydrogens is 316 g/mol. The molecule has 0 saturated carbocycles. The maximum Gasteiger partial charge on any atom is 0.220 e. The monoisotopic (exact) mass is 338 g/mol. The molecule has 0 saturated heterocycles. The second-order valence-corrected chi connectivity index (χ2v) is 5.94. The van der Waals surface area contributed by atoms with Crippen LogP contribution in [0.3, 0.4) is 0 Å². The minimum absolute atomic E-state index is 0.0172. The molecule has 130 valence electrons. The number of hydrogen-bond donors (Lipinski definition) is 1. The van der Waals surface area contributed by atoms with E-state index in [1.165, 1.54) is 0 Å². The van der Waals surface area contributed by atoms with E-state index in [-0.39, 0.29) is 5.91 Å². The second kappa shape index (κ2) is 8.33. The molecule has 1 aromatic heterocycles. The maximum atomic E-state index is 11.8. The Morgan fingerprint density at radius 3 is 2.88 bits per heavy atom. The average molecular weight is 338 g/mol. The first-order valence-corrected chi connectivity index (χ1v) is 8.51. The Morgan fingerprint density at radius 1 is 1.20 bits per heavy atom. The van der Waals surface area contributed by atoms with E-state index in [1.807, 2.05) is 55.5 Å². The van der Waals surface area contributed by atoms with Gasteiger partial charge in [-0.1, -0.05) is 24.3 Å². The van der Waals surface area contributed by atoms with Gasteiger partial charge in [0.2, 0.25) is 5.91 Å². The molecular formula is C20H22N2O3. The number of oxazole rings is 1. The summed E-state index contributed by atoms with van der Waals surface area (Å²) in [4.78, 5) is 16.3. The number of nitrogens with zero attached hydrogens (tertiary/aromatic N) is 1. The van der Waals surface area contributed by atoms with Gasteiger partial charge in [0.15, 0.2) is 11.5 Å². The number of ether oxygens (including phenoxy) is 1. The van der Waals surface area contributed by atoms with Crippen molar-refractivity contribution in [2.45, 2.75) is 26.2 Å². The van der Waals surface area contributed by atoms with Crippen LogP contribution >= 0.6 is 0 Å². The van der Waals surface area contributed by atoms with E-state index in [4.69, 9.17) is 9.15 Å². The molecule has 1 N–H and O–H groups in total. The SMILES string of the molecule is Cc1ccc2oc(CCCC(=O)NCCOc3ccccc3)nc2c1. The van der Waals surface area contributed by atoms with Crippen LogP contribution in [-0.2, 0) is 11.2 Å². The highest BCUT2D eigenvalue weighted by molar-refractivity contribution is 5.76. The Hall–Kier alpha value is -2.82. The lowest BCUT2D eigenvalue weighted by Gasteiger charge is -2.07. The van der Waals surface area contributed by atoms with E-state index in [9.17, 15) is 4.79 Å². The highest BCUT2D eigenvalue weighted by atomic mass is 16.5. The van der Waals surface area contributed by atoms with Crippen molar-refractivity contribution in [3.05, 3.63) is 60.0 Å². The Bertz CT molecular complexity index is 827. The summed E-state index contributed by atoms with van der Waals surface area (Å²) in [6.45, 7) is 2.98. The molecule has 3 aromatic rings. The van der Waals surface area contributed by atoms with Crippen molar-refractivity contribution in [2.24, 2.45) is 0 Å². The third kappa shape index (κ3) is 5.08. The summed E-state index contributed by atoms with van der Waals surface area (Å²) < 4.78 is 11.2. The Balaban J connectivity index is 1.34. The number of aromatic nitrogens is 1. The lowest BCUT2D eigenvalue weighted by Crippen LogP contribution is -2.27. The largest absolute Gasteiger partial charge is 0.492 e. The molecule has 0 aliphatic rings. The lowest BCUT2D eigenvalue weighted by molar-refractivity contribution is -0.121. The van der Waals surface area contributed by atoms with Gasteiger partial charge in [0, 0.05) is 12.8 Å². The number of nitrogens with one attached hydrogen (secondary N) is 1. The lowest BCUT2D eigenvalue weighted by atomic mass is 10.2. The molecule has 0 aliphatic carbocycles. The summed E-state index contributed by atoms with van der Waals surface area (Å²) in [5.74, 6) is 1.51. The van der Waals surface area contributed by atoms with Crippen molar-refractivity contribution in [1.82, 2.24) is 10.3 Å². The van der Waals surface area contributed by atoms with Gasteiger partial charge in [-0.2, -0.15) is 0 Å². The van der Waals surface area contributed by atoms with E-state index in [1.54, 1.807) is 0 Å². The highest BCUT2D eigenvalue weighted by Crippen LogP contribution is 2.18. The van der Waals surface area contributed by atoms with Crippen molar-refractivity contribution < 1.29 is 13.9 Å². The molecule has 0 aliphatic heterocycles. The number of rotatable bonds is 8. The van der Waals surface area contributed by atoms with Crippen LogP contribution in [-0.4, -0.2) is 24.0 Å². The number of carbonyl (C=O) groups excluding carboxylic acids is 1. The number of fused-ring (bicyclic) bond motifs is 1. The van der Waals surface area contributed by atoms with Crippen LogP contribution in [0.4, 0.5) is 0 Å². The minimum atomic E-state index is 0.0172. The predicted molar refractivity (Wildman–Crippen MR) is 96.6 cm³/mol. The first-order chi connectivity index (χ1) is 12.2. The van der Waals surface area contributed by atoms with E-state index in [0.29, 0.717) is 38.3 Å². The normalized spacial score (nSPS) is 10.8. The summed E-state index contributed by atoms with van der Waals surface area (Å²) in [7, 11) is 0. The number of aryl methyl sites for hydroxylation is 2. The van der Waals surface area contributed by atoms with Gasteiger partial charge in [-0.05, 0) is 43.2 Å². The van der Waals surface area contributed by atoms with Crippen LogP contribution in [0.1, 0.15) is 24.3 Å². The molecule has 0 fully saturated rings. The van der Waals surface area contributed by atoms with Crippen molar-refractivity contribution >= 4 is 17.0 Å². The van der Waals surface area contributed by atoms with Crippen LogP contribution in [0, 0.1) is 6.92 Å². The standard InChI is InChI=1S/C20H22N2O3/c1-15-10-11-18-17(14-15)22-20(25-18)9-5-8-19(23)21-12-13-24-16-6-3-2-4-7-16/h2-4,6-7,10-11,14H,5,8-9,12-13H2,1H3,(H,21,23). The first-order valence-electron chi connectivity index (χ1n) is 8.51. The molecule has 5 nitrogen and oxygen atoms in total. The highest BCUT2D eigenvalue weighted by Gasteiger charge is 2.07. The zero-order valence-electron chi connectivity index (χ0n) is 14.3. The molecule has 0 unspecified atom stereocenters. The summed E-state index contributed by atoms with van der Waals surface area (Å²) in [5.41, 5.74) is 2.82. The van der Waals surface area contributed by atoms with Crippen molar-refractivity contribution in [1.29, 1.82) is 0 Å². The van der Waals surface area contributed by atoms with E-state index in [0.717, 1.165) is 22.4 Å². The summed E-state index contributed by atoms with van der Waals surface area (Å²) in [5, 5.41) is 2.86. The first kappa shape index (κ1) is 17.0. The molecule has 25 heavy (non-hydrogen) atoms. The van der Waals surface area contributed by atoms with Gasteiger partial charge in [0.05, 0.1) is 6.54 Å². The molecule has 5 heteroatoms. The molecule has 1 amide bonds. The van der Waals surface area contributed by atoms with Crippen molar-refractivity contribution in [2.75, 3.05) is 13.2 Å². The fraction of sp³-hybridized carbons (Fsp3) is 0.300. The zero-order valence-corrected chi connectivity index (χ0v) is 14.3. The Kier molecular flexibility index (Phi) is 5.67. The maximum absolute atomic E-state index is 11.8. The molecule has 0 radical (unpaired) electrons. The quantitative estimate of drug-likeness (QED) is 0.637. The van der Waals surface area contributed by atoms with Crippen LogP contribution in [0.25, 0.3) is 11.1 Å². The fourth-order valence-corrected chi connectivity index (χ4v) is 2.56. The number of amides is 1. The number of benzene rings is 2. The summed E-state index contributed by atoms with van der Waals surface area (Å²) in [6, 6.07) is 15.5. The molecule has 3 rings (SSSR count). The van der Waals surface area contributed by atoms with Crippen molar-refractivity contribution in [3.63, 3.8) is 0 Å². The second-order valence-electron chi connectivity index (χ2n) is 5.94. The van der Waals surface area contributed by atoms with Gasteiger partial charge >= 0.3 is 0 Å². The van der Waals surface area contributed by atoms with Crippen molar-refractivity contribution in [3.8, 4) is 5.75 Å². The summed E-state index contributed by atoms with van der Waals surface area (Å²) in [6.07, 6.45) is 1.81. The van der Waals surface area contributed by atoms with E-state index < -0.39 is 0 Å². The predicted octanol–water partition coefficient (Wildman–Crippen LogP) is 3.65. The smallest absolute Gasteiger partial charge is 0.220 e. The number of carbonyl (C=O) groups is 1. The average Bonchev–Trinajstić information content (AvgIpc) is 3.01. The van der Waals surface area contributed by atoms with Gasteiger partial charge in [0.1, 0.15) is 17.9 Å². The molecule has 0 bridgehead atoms. The third-order valence-corrected chi connectivity index (χ3v) is 3.82.